The quantitative estimate of drug-likeness (QED) is 0.466. The summed E-state index contributed by atoms with van der Waals surface area (Å²) in [5, 5.41) is 3.00. The Morgan fingerprint density at radius 1 is 1.08 bits per heavy atom. The number of benzene rings is 1. The Kier molecular flexibility index (Phi) is 8.65. The van der Waals surface area contributed by atoms with E-state index in [9.17, 15) is 9.59 Å². The Hall–Kier alpha value is -3.30. The van der Waals surface area contributed by atoms with Crippen LogP contribution in [0.15, 0.2) is 53.7 Å². The number of nitrogens with one attached hydrogen (secondary N) is 1. The van der Waals surface area contributed by atoms with Crippen LogP contribution in [0.3, 0.4) is 0 Å². The molecule has 1 aromatic carbocycles. The van der Waals surface area contributed by atoms with Crippen molar-refractivity contribution in [1.82, 2.24) is 15.2 Å². The Morgan fingerprint density at radius 3 is 2.76 bits per heavy atom. The Labute approximate surface area is 223 Å². The summed E-state index contributed by atoms with van der Waals surface area (Å²) in [6.07, 6.45) is 6.51. The maximum Gasteiger partial charge on any atom is 0.231 e. The highest BCUT2D eigenvalue weighted by molar-refractivity contribution is 6.12. The van der Waals surface area contributed by atoms with E-state index in [0.717, 1.165) is 42.7 Å². The SMILES string of the molecule is NCCOCCOc1ccccc1[C@@H]1C2C(=O)NCC2=N[C@@H]2CCCC[C@H]2N1C(=O)CCc1ccccn1. The third-order valence-electron chi connectivity index (χ3n) is 7.68. The van der Waals surface area contributed by atoms with Crippen molar-refractivity contribution in [2.24, 2.45) is 16.6 Å². The maximum absolute atomic E-state index is 14.1. The number of pyridine rings is 1. The average molecular weight is 520 g/mol. The van der Waals surface area contributed by atoms with Crippen molar-refractivity contribution < 1.29 is 19.1 Å². The molecule has 202 valence electrons. The number of fused-ring (bicyclic) bond motifs is 2. The fourth-order valence-corrected chi connectivity index (χ4v) is 5.98. The van der Waals surface area contributed by atoms with Gasteiger partial charge in [-0.25, -0.2) is 0 Å². The van der Waals surface area contributed by atoms with E-state index in [-0.39, 0.29) is 23.9 Å². The van der Waals surface area contributed by atoms with Gasteiger partial charge in [-0.05, 0) is 37.5 Å². The Bertz CT molecular complexity index is 1140. The third kappa shape index (κ3) is 5.73. The van der Waals surface area contributed by atoms with Crippen LogP contribution >= 0.6 is 0 Å². The van der Waals surface area contributed by atoms with E-state index >= 15 is 0 Å². The fraction of sp³-hybridized carbons (Fsp3) is 0.517. The molecule has 0 bridgehead atoms. The first kappa shape index (κ1) is 26.3. The summed E-state index contributed by atoms with van der Waals surface area (Å²) < 4.78 is 11.7. The second kappa shape index (κ2) is 12.5. The van der Waals surface area contributed by atoms with Gasteiger partial charge in [-0.1, -0.05) is 37.1 Å². The third-order valence-corrected chi connectivity index (χ3v) is 7.68. The number of carbonyl (C=O) groups excluding carboxylic acids is 2. The van der Waals surface area contributed by atoms with Crippen molar-refractivity contribution >= 4 is 17.5 Å². The molecule has 5 rings (SSSR count). The zero-order valence-corrected chi connectivity index (χ0v) is 21.8. The van der Waals surface area contributed by atoms with Crippen molar-refractivity contribution in [3.05, 3.63) is 59.9 Å². The number of ether oxygens (including phenoxy) is 2. The van der Waals surface area contributed by atoms with Crippen molar-refractivity contribution in [2.45, 2.75) is 56.7 Å². The van der Waals surface area contributed by atoms with E-state index < -0.39 is 12.0 Å². The van der Waals surface area contributed by atoms with E-state index in [0.29, 0.717) is 51.5 Å². The molecule has 4 atom stereocenters. The number of hydrogen-bond donors (Lipinski definition) is 2. The molecule has 2 amide bonds. The minimum Gasteiger partial charge on any atom is -0.491 e. The number of aryl methyl sites for hydroxylation is 1. The minimum absolute atomic E-state index is 0.00417. The van der Waals surface area contributed by atoms with Crippen molar-refractivity contribution in [1.29, 1.82) is 0 Å². The number of hydrogen-bond acceptors (Lipinski definition) is 7. The molecule has 2 aromatic rings. The van der Waals surface area contributed by atoms with Crippen LogP contribution in [0.1, 0.15) is 49.4 Å². The molecule has 9 heteroatoms. The molecule has 1 unspecified atom stereocenters. The van der Waals surface area contributed by atoms with Crippen molar-refractivity contribution in [2.75, 3.05) is 32.9 Å². The summed E-state index contributed by atoms with van der Waals surface area (Å²) in [4.78, 5) is 39.0. The summed E-state index contributed by atoms with van der Waals surface area (Å²) >= 11 is 0. The van der Waals surface area contributed by atoms with E-state index in [4.69, 9.17) is 20.2 Å². The van der Waals surface area contributed by atoms with Crippen LogP contribution in [-0.4, -0.2) is 72.4 Å². The van der Waals surface area contributed by atoms with Gasteiger partial charge in [0, 0.05) is 36.1 Å². The van der Waals surface area contributed by atoms with Crippen LogP contribution in [0, 0.1) is 5.92 Å². The number of aromatic nitrogens is 1. The summed E-state index contributed by atoms with van der Waals surface area (Å²) in [5.41, 5.74) is 8.08. The molecule has 1 aliphatic carbocycles. The molecule has 1 saturated heterocycles. The van der Waals surface area contributed by atoms with Gasteiger partial charge >= 0.3 is 0 Å². The van der Waals surface area contributed by atoms with Gasteiger partial charge in [-0.2, -0.15) is 0 Å². The minimum atomic E-state index is -0.544. The highest BCUT2D eigenvalue weighted by Gasteiger charge is 2.50. The Balaban J connectivity index is 1.50. The molecule has 1 saturated carbocycles. The molecular formula is C29H37N5O4. The fourth-order valence-electron chi connectivity index (χ4n) is 5.98. The van der Waals surface area contributed by atoms with E-state index in [1.165, 1.54) is 0 Å². The second-order valence-corrected chi connectivity index (χ2v) is 10.1. The second-order valence-electron chi connectivity index (χ2n) is 10.1. The summed E-state index contributed by atoms with van der Waals surface area (Å²) in [7, 11) is 0. The smallest absolute Gasteiger partial charge is 0.231 e. The van der Waals surface area contributed by atoms with Crippen LogP contribution < -0.4 is 15.8 Å². The zero-order chi connectivity index (χ0) is 26.3. The summed E-state index contributed by atoms with van der Waals surface area (Å²) in [6.45, 7) is 2.10. The van der Waals surface area contributed by atoms with Gasteiger partial charge in [0.15, 0.2) is 0 Å². The van der Waals surface area contributed by atoms with Crippen molar-refractivity contribution in [3.8, 4) is 5.75 Å². The first-order valence-electron chi connectivity index (χ1n) is 13.7. The number of rotatable bonds is 10. The van der Waals surface area contributed by atoms with Gasteiger partial charge in [-0.15, -0.1) is 0 Å². The number of para-hydroxylation sites is 1. The van der Waals surface area contributed by atoms with Gasteiger partial charge in [0.25, 0.3) is 0 Å². The maximum atomic E-state index is 14.1. The zero-order valence-electron chi connectivity index (χ0n) is 21.8. The molecule has 2 aliphatic heterocycles. The summed E-state index contributed by atoms with van der Waals surface area (Å²) in [6, 6.07) is 12.9. The van der Waals surface area contributed by atoms with Crippen LogP contribution in [-0.2, 0) is 20.7 Å². The first-order chi connectivity index (χ1) is 18.7. The number of aliphatic imine (C=N–C) groups is 1. The predicted octanol–water partition coefficient (Wildman–Crippen LogP) is 2.45. The van der Waals surface area contributed by atoms with Gasteiger partial charge in [0.2, 0.25) is 11.8 Å². The molecule has 0 radical (unpaired) electrons. The average Bonchev–Trinajstić information content (AvgIpc) is 3.23. The Morgan fingerprint density at radius 2 is 1.92 bits per heavy atom. The van der Waals surface area contributed by atoms with E-state index in [2.05, 4.69) is 10.3 Å². The summed E-state index contributed by atoms with van der Waals surface area (Å²) in [5.74, 6) is 0.0492. The largest absolute Gasteiger partial charge is 0.491 e. The number of amides is 2. The van der Waals surface area contributed by atoms with Crippen LogP contribution in [0.5, 0.6) is 5.75 Å². The number of nitrogens with zero attached hydrogens (tertiary/aromatic N) is 3. The molecule has 0 spiro atoms. The number of carbonyl (C=O) groups is 2. The van der Waals surface area contributed by atoms with Gasteiger partial charge in [0.05, 0.1) is 37.9 Å². The lowest BCUT2D eigenvalue weighted by molar-refractivity contribution is -0.139. The molecule has 9 nitrogen and oxygen atoms in total. The van der Waals surface area contributed by atoms with Gasteiger partial charge in [-0.3, -0.25) is 19.6 Å². The monoisotopic (exact) mass is 519 g/mol. The van der Waals surface area contributed by atoms with Crippen LogP contribution in [0.25, 0.3) is 0 Å². The lowest BCUT2D eigenvalue weighted by atomic mass is 9.85. The molecule has 3 aliphatic rings. The van der Waals surface area contributed by atoms with E-state index in [1.807, 2.05) is 47.4 Å². The lowest BCUT2D eigenvalue weighted by Crippen LogP contribution is -2.51. The first-order valence-corrected chi connectivity index (χ1v) is 13.7. The highest BCUT2D eigenvalue weighted by Crippen LogP contribution is 2.44. The molecule has 3 N–H and O–H groups in total. The lowest BCUT2D eigenvalue weighted by Gasteiger charge is -2.42. The van der Waals surface area contributed by atoms with Crippen LogP contribution in [0.4, 0.5) is 0 Å². The molecule has 38 heavy (non-hydrogen) atoms. The molecule has 2 fully saturated rings. The van der Waals surface area contributed by atoms with Crippen molar-refractivity contribution in [3.63, 3.8) is 0 Å². The number of nitrogens with two attached hydrogens (primary N) is 1. The highest BCUT2D eigenvalue weighted by atomic mass is 16.5. The molecule has 3 heterocycles. The van der Waals surface area contributed by atoms with Gasteiger partial charge < -0.3 is 25.4 Å². The predicted molar refractivity (Wildman–Crippen MR) is 144 cm³/mol. The topological polar surface area (TPSA) is 119 Å². The van der Waals surface area contributed by atoms with E-state index in [1.54, 1.807) is 6.20 Å². The van der Waals surface area contributed by atoms with Crippen LogP contribution in [0.2, 0.25) is 0 Å². The van der Waals surface area contributed by atoms with Gasteiger partial charge in [0.1, 0.15) is 18.3 Å². The standard InChI is InChI=1S/C29H37N5O4/c30-14-16-37-17-18-38-25-11-4-1-8-21(25)28-27-23(19-32-29(27)36)33-22-9-2-3-10-24(22)34(28)26(35)13-12-20-7-5-6-15-31-20/h1,4-8,11,15,22,24,27-28H,2-3,9-10,12-14,16-19,30H2,(H,32,36)/t22-,24-,27?,28-/m1/s1. The normalized spacial score (nSPS) is 24.6. The molecular weight excluding hydrogens is 482 g/mol. The molecule has 1 aromatic heterocycles.